The number of alkyl halides is 3. The van der Waals surface area contributed by atoms with Crippen LogP contribution in [0.3, 0.4) is 0 Å². The van der Waals surface area contributed by atoms with E-state index in [1.807, 2.05) is 0 Å². The van der Waals surface area contributed by atoms with Crippen molar-refractivity contribution >= 4 is 22.2 Å². The van der Waals surface area contributed by atoms with E-state index >= 15 is 0 Å². The molecule has 122 valence electrons. The molecule has 1 amide bonds. The average molecular weight is 335 g/mol. The van der Waals surface area contributed by atoms with E-state index in [-0.39, 0.29) is 6.54 Å². The van der Waals surface area contributed by atoms with Crippen LogP contribution in [0.1, 0.15) is 6.92 Å². The number of carboxylic acid groups (broad SMARTS) is 2. The van der Waals surface area contributed by atoms with E-state index in [0.717, 1.165) is 0 Å². The lowest BCUT2D eigenvalue weighted by atomic mass is 9.87. The fourth-order valence-corrected chi connectivity index (χ4v) is 2.73. The monoisotopic (exact) mass is 335 g/mol. The molecule has 2 N–H and O–H groups in total. The molecule has 1 heterocycles. The van der Waals surface area contributed by atoms with Crippen molar-refractivity contribution in [3.05, 3.63) is 0 Å². The molecule has 0 radical (unpaired) electrons. The Hall–Kier alpha value is -1.56. The van der Waals surface area contributed by atoms with Gasteiger partial charge in [0.25, 0.3) is 0 Å². The highest BCUT2D eigenvalue weighted by atomic mass is 32.2. The highest BCUT2D eigenvalue weighted by Gasteiger charge is 2.52. The Labute approximate surface area is 117 Å². The number of aliphatic carboxylic acids is 1. The second-order valence-corrected chi connectivity index (χ2v) is 6.13. The van der Waals surface area contributed by atoms with E-state index in [1.54, 1.807) is 0 Å². The first kappa shape index (κ1) is 17.5. The number of rotatable bonds is 3. The molecule has 3 atom stereocenters. The molecule has 1 aliphatic rings. The van der Waals surface area contributed by atoms with Gasteiger partial charge < -0.3 is 15.1 Å². The number of likely N-dealkylation sites (tertiary alicyclic amines) is 1. The molecular weight excluding hydrogens is 323 g/mol. The SMILES string of the molecule is CC1CN(C(=O)O)CC(C(=O)O)C1OS(=O)(=O)C(F)(F)F. The van der Waals surface area contributed by atoms with Crippen molar-refractivity contribution < 1.29 is 45.6 Å². The summed E-state index contributed by atoms with van der Waals surface area (Å²) in [6.07, 6.45) is -3.25. The number of hydrogen-bond acceptors (Lipinski definition) is 5. The van der Waals surface area contributed by atoms with Gasteiger partial charge in [-0.05, 0) is 0 Å². The molecule has 1 fully saturated rings. The first-order chi connectivity index (χ1) is 9.36. The van der Waals surface area contributed by atoms with Gasteiger partial charge in [-0.3, -0.25) is 8.98 Å². The van der Waals surface area contributed by atoms with Crippen LogP contribution in [0.5, 0.6) is 0 Å². The molecule has 0 aliphatic carbocycles. The molecule has 0 spiro atoms. The Morgan fingerprint density at radius 3 is 2.14 bits per heavy atom. The topological polar surface area (TPSA) is 121 Å². The van der Waals surface area contributed by atoms with Crippen molar-refractivity contribution in [2.45, 2.75) is 18.5 Å². The van der Waals surface area contributed by atoms with Crippen molar-refractivity contribution in [2.24, 2.45) is 11.8 Å². The van der Waals surface area contributed by atoms with Crippen LogP contribution < -0.4 is 0 Å². The largest absolute Gasteiger partial charge is 0.523 e. The molecule has 0 bridgehead atoms. The van der Waals surface area contributed by atoms with Crippen molar-refractivity contribution in [3.63, 3.8) is 0 Å². The maximum absolute atomic E-state index is 12.3. The lowest BCUT2D eigenvalue weighted by Gasteiger charge is -2.38. The second-order valence-electron chi connectivity index (χ2n) is 4.57. The number of piperidine rings is 1. The quantitative estimate of drug-likeness (QED) is 0.570. The third-order valence-electron chi connectivity index (χ3n) is 2.99. The number of carbonyl (C=O) groups is 2. The second kappa shape index (κ2) is 5.67. The minimum Gasteiger partial charge on any atom is -0.481 e. The zero-order valence-corrected chi connectivity index (χ0v) is 11.4. The first-order valence-corrected chi connectivity index (χ1v) is 6.98. The van der Waals surface area contributed by atoms with Crippen molar-refractivity contribution in [3.8, 4) is 0 Å². The standard InChI is InChI=1S/C9H12F3NO7S/c1-4-2-13(8(16)17)3-5(7(14)15)6(4)20-21(18,19)9(10,11)12/h4-6H,2-3H2,1H3,(H,14,15)(H,16,17). The van der Waals surface area contributed by atoms with Crippen LogP contribution in [0.15, 0.2) is 0 Å². The summed E-state index contributed by atoms with van der Waals surface area (Å²) < 4.78 is 62.8. The van der Waals surface area contributed by atoms with Crippen LogP contribution in [0.4, 0.5) is 18.0 Å². The number of carboxylic acids is 1. The summed E-state index contributed by atoms with van der Waals surface area (Å²) in [5, 5.41) is 17.7. The molecule has 12 heteroatoms. The van der Waals surface area contributed by atoms with Crippen LogP contribution in [0.25, 0.3) is 0 Å². The molecule has 1 saturated heterocycles. The van der Waals surface area contributed by atoms with E-state index in [0.29, 0.717) is 4.90 Å². The summed E-state index contributed by atoms with van der Waals surface area (Å²) in [4.78, 5) is 22.5. The molecule has 0 aromatic heterocycles. The molecule has 0 saturated carbocycles. The Balaban J connectivity index is 3.05. The first-order valence-electron chi connectivity index (χ1n) is 5.57. The Kier molecular flexibility index (Phi) is 4.73. The average Bonchev–Trinajstić information content (AvgIpc) is 2.28. The Bertz CT molecular complexity index is 532. The van der Waals surface area contributed by atoms with Gasteiger partial charge in [-0.25, -0.2) is 4.79 Å². The predicted octanol–water partition coefficient (Wildman–Crippen LogP) is 0.552. The molecule has 1 rings (SSSR count). The van der Waals surface area contributed by atoms with E-state index in [2.05, 4.69) is 4.18 Å². The van der Waals surface area contributed by atoms with Crippen LogP contribution in [-0.2, 0) is 19.1 Å². The highest BCUT2D eigenvalue weighted by Crippen LogP contribution is 2.32. The molecule has 0 aromatic rings. The Morgan fingerprint density at radius 1 is 1.24 bits per heavy atom. The van der Waals surface area contributed by atoms with Crippen LogP contribution in [0.2, 0.25) is 0 Å². The normalized spacial score (nSPS) is 27.4. The molecule has 3 unspecified atom stereocenters. The zero-order chi connectivity index (χ0) is 16.6. The molecule has 8 nitrogen and oxygen atoms in total. The molecule has 0 aromatic carbocycles. The van der Waals surface area contributed by atoms with Gasteiger partial charge in [0.05, 0.1) is 6.10 Å². The maximum Gasteiger partial charge on any atom is 0.523 e. The lowest BCUT2D eigenvalue weighted by Crippen LogP contribution is -2.54. The van der Waals surface area contributed by atoms with Crippen LogP contribution in [-0.4, -0.2) is 60.3 Å². The minimum atomic E-state index is -5.96. The van der Waals surface area contributed by atoms with Crippen molar-refractivity contribution in [1.29, 1.82) is 0 Å². The van der Waals surface area contributed by atoms with Gasteiger partial charge in [0.1, 0.15) is 5.92 Å². The van der Waals surface area contributed by atoms with Gasteiger partial charge in [0.2, 0.25) is 0 Å². The van der Waals surface area contributed by atoms with Crippen molar-refractivity contribution in [2.75, 3.05) is 13.1 Å². The molecule has 1 aliphatic heterocycles. The number of halogens is 3. The van der Waals surface area contributed by atoms with Gasteiger partial charge >= 0.3 is 27.7 Å². The number of amides is 1. The third-order valence-corrected chi connectivity index (χ3v) is 4.03. The van der Waals surface area contributed by atoms with Crippen LogP contribution in [0, 0.1) is 11.8 Å². The summed E-state index contributed by atoms with van der Waals surface area (Å²) in [6.45, 7) is 0.214. The Morgan fingerprint density at radius 2 is 1.76 bits per heavy atom. The van der Waals surface area contributed by atoms with E-state index in [9.17, 15) is 31.2 Å². The number of nitrogens with zero attached hydrogens (tertiary/aromatic N) is 1. The van der Waals surface area contributed by atoms with E-state index in [4.69, 9.17) is 10.2 Å². The van der Waals surface area contributed by atoms with Gasteiger partial charge in [0.15, 0.2) is 0 Å². The number of hydrogen-bond donors (Lipinski definition) is 2. The van der Waals surface area contributed by atoms with E-state index < -0.39 is 52.2 Å². The lowest BCUT2D eigenvalue weighted by molar-refractivity contribution is -0.150. The van der Waals surface area contributed by atoms with Gasteiger partial charge in [-0.1, -0.05) is 6.92 Å². The summed E-state index contributed by atoms with van der Waals surface area (Å²) in [6, 6.07) is 0. The zero-order valence-electron chi connectivity index (χ0n) is 10.6. The summed E-state index contributed by atoms with van der Waals surface area (Å²) in [5.74, 6) is -4.41. The summed E-state index contributed by atoms with van der Waals surface area (Å²) >= 11 is 0. The third kappa shape index (κ3) is 3.75. The molecule has 21 heavy (non-hydrogen) atoms. The fraction of sp³-hybridized carbons (Fsp3) is 0.778. The van der Waals surface area contributed by atoms with E-state index in [1.165, 1.54) is 6.92 Å². The highest BCUT2D eigenvalue weighted by molar-refractivity contribution is 7.87. The predicted molar refractivity (Wildman–Crippen MR) is 59.7 cm³/mol. The van der Waals surface area contributed by atoms with Gasteiger partial charge in [-0.15, -0.1) is 0 Å². The minimum absolute atomic E-state index is 0.336. The van der Waals surface area contributed by atoms with Crippen LogP contribution >= 0.6 is 0 Å². The maximum atomic E-state index is 12.3. The summed E-state index contributed by atoms with van der Waals surface area (Å²) in [7, 11) is -5.96. The van der Waals surface area contributed by atoms with Crippen molar-refractivity contribution in [1.82, 2.24) is 4.90 Å². The smallest absolute Gasteiger partial charge is 0.481 e. The molecular formula is C9H12F3NO7S. The van der Waals surface area contributed by atoms with Gasteiger partial charge in [0, 0.05) is 19.0 Å². The summed E-state index contributed by atoms with van der Waals surface area (Å²) in [5.41, 5.74) is -5.68. The fourth-order valence-electron chi connectivity index (χ4n) is 2.00. The van der Waals surface area contributed by atoms with Gasteiger partial charge in [-0.2, -0.15) is 21.6 Å².